The first-order valence-corrected chi connectivity index (χ1v) is 9.56. The summed E-state index contributed by atoms with van der Waals surface area (Å²) in [6, 6.07) is 4.08. The number of nitrogens with one attached hydrogen (secondary N) is 1. The van der Waals surface area contributed by atoms with E-state index in [4.69, 9.17) is 25.8 Å². The third-order valence-corrected chi connectivity index (χ3v) is 5.28. The first-order chi connectivity index (χ1) is 11.9. The van der Waals surface area contributed by atoms with E-state index < -0.39 is 10.0 Å². The lowest BCUT2D eigenvalue weighted by molar-refractivity contribution is -0.137. The fraction of sp³-hybridized carbons (Fsp3) is 0.533. The second kappa shape index (κ2) is 9.35. The number of hydrogen-bond donors (Lipinski definition) is 1. The molecule has 25 heavy (non-hydrogen) atoms. The van der Waals surface area contributed by atoms with Gasteiger partial charge in [-0.3, -0.25) is 4.79 Å². The summed E-state index contributed by atoms with van der Waals surface area (Å²) in [5, 5.41) is 0.115. The number of sulfonamides is 1. The number of carbonyl (C=O) groups excluding carboxylic acids is 1. The van der Waals surface area contributed by atoms with Crippen molar-refractivity contribution in [3.63, 3.8) is 0 Å². The molecule has 140 valence electrons. The van der Waals surface area contributed by atoms with E-state index in [2.05, 4.69) is 4.72 Å². The van der Waals surface area contributed by atoms with Gasteiger partial charge in [-0.2, -0.15) is 0 Å². The zero-order chi connectivity index (χ0) is 18.3. The van der Waals surface area contributed by atoms with Crippen molar-refractivity contribution in [2.45, 2.75) is 4.90 Å². The van der Waals surface area contributed by atoms with Crippen LogP contribution in [-0.4, -0.2) is 72.4 Å². The normalized spacial score (nSPS) is 15.2. The van der Waals surface area contributed by atoms with Gasteiger partial charge < -0.3 is 19.1 Å². The number of halogens is 1. The molecule has 1 fully saturated rings. The monoisotopic (exact) mass is 392 g/mol. The highest BCUT2D eigenvalue weighted by Gasteiger charge is 2.19. The van der Waals surface area contributed by atoms with Crippen LogP contribution in [0.4, 0.5) is 0 Å². The molecule has 1 aliphatic rings. The van der Waals surface area contributed by atoms with Gasteiger partial charge in [0.15, 0.2) is 6.61 Å². The molecule has 0 aliphatic carbocycles. The summed E-state index contributed by atoms with van der Waals surface area (Å²) in [6.07, 6.45) is 0. The Hall–Kier alpha value is -1.39. The van der Waals surface area contributed by atoms with E-state index in [1.54, 1.807) is 4.90 Å². The van der Waals surface area contributed by atoms with E-state index in [-0.39, 0.29) is 41.3 Å². The second-order valence-corrected chi connectivity index (χ2v) is 7.44. The third-order valence-electron chi connectivity index (χ3n) is 3.53. The van der Waals surface area contributed by atoms with Gasteiger partial charge in [-0.25, -0.2) is 13.1 Å². The maximum Gasteiger partial charge on any atom is 0.260 e. The fourth-order valence-corrected chi connectivity index (χ4v) is 3.51. The van der Waals surface area contributed by atoms with Crippen LogP contribution in [0.15, 0.2) is 23.1 Å². The van der Waals surface area contributed by atoms with Crippen LogP contribution in [0.25, 0.3) is 0 Å². The van der Waals surface area contributed by atoms with Crippen molar-refractivity contribution in [3.05, 3.63) is 23.2 Å². The average molecular weight is 393 g/mol. The van der Waals surface area contributed by atoms with Crippen molar-refractivity contribution in [1.82, 2.24) is 9.62 Å². The van der Waals surface area contributed by atoms with Gasteiger partial charge in [-0.1, -0.05) is 11.6 Å². The summed E-state index contributed by atoms with van der Waals surface area (Å²) < 4.78 is 42.0. The van der Waals surface area contributed by atoms with Gasteiger partial charge in [-0.05, 0) is 18.2 Å². The van der Waals surface area contributed by atoms with Crippen LogP contribution in [0.3, 0.4) is 0 Å². The van der Waals surface area contributed by atoms with Crippen LogP contribution in [0, 0.1) is 0 Å². The van der Waals surface area contributed by atoms with Crippen molar-refractivity contribution in [1.29, 1.82) is 0 Å². The lowest BCUT2D eigenvalue weighted by Crippen LogP contribution is -2.43. The molecule has 0 unspecified atom stereocenters. The Bertz CT molecular complexity index is 691. The SMILES string of the molecule is COCCNS(=O)(=O)c1ccc(OCC(=O)N2CCOCC2)c(Cl)c1. The number of hydrogen-bond acceptors (Lipinski definition) is 6. The minimum absolute atomic E-state index is 0.0143. The molecular formula is C15H21ClN2O6S. The molecule has 1 N–H and O–H groups in total. The highest BCUT2D eigenvalue weighted by molar-refractivity contribution is 7.89. The predicted octanol–water partition coefficient (Wildman–Crippen LogP) is 0.502. The van der Waals surface area contributed by atoms with Gasteiger partial charge in [0.2, 0.25) is 10.0 Å². The maximum atomic E-state index is 12.1. The Morgan fingerprint density at radius 1 is 1.36 bits per heavy atom. The van der Waals surface area contributed by atoms with Crippen LogP contribution < -0.4 is 9.46 Å². The number of ether oxygens (including phenoxy) is 3. The fourth-order valence-electron chi connectivity index (χ4n) is 2.17. The van der Waals surface area contributed by atoms with Crippen molar-refractivity contribution in [2.75, 3.05) is 53.2 Å². The van der Waals surface area contributed by atoms with Crippen LogP contribution in [0.2, 0.25) is 5.02 Å². The number of rotatable bonds is 8. The summed E-state index contributed by atoms with van der Waals surface area (Å²) in [6.45, 7) is 2.32. The highest BCUT2D eigenvalue weighted by atomic mass is 35.5. The Labute approximate surface area is 152 Å². The molecule has 0 aromatic heterocycles. The zero-order valence-corrected chi connectivity index (χ0v) is 15.4. The van der Waals surface area contributed by atoms with Crippen molar-refractivity contribution in [3.8, 4) is 5.75 Å². The van der Waals surface area contributed by atoms with E-state index in [1.807, 2.05) is 0 Å². The minimum Gasteiger partial charge on any atom is -0.482 e. The van der Waals surface area contributed by atoms with E-state index in [0.29, 0.717) is 26.3 Å². The van der Waals surface area contributed by atoms with Crippen molar-refractivity contribution >= 4 is 27.5 Å². The third kappa shape index (κ3) is 5.82. The number of benzene rings is 1. The molecule has 1 aromatic rings. The van der Waals surface area contributed by atoms with Gasteiger partial charge in [-0.15, -0.1) is 0 Å². The molecule has 1 saturated heterocycles. The average Bonchev–Trinajstić information content (AvgIpc) is 2.61. The number of morpholine rings is 1. The first-order valence-electron chi connectivity index (χ1n) is 7.70. The molecule has 0 bridgehead atoms. The molecule has 2 rings (SSSR count). The molecule has 1 amide bonds. The summed E-state index contributed by atoms with van der Waals surface area (Å²) in [5.74, 6) is 0.0800. The molecule has 1 heterocycles. The summed E-state index contributed by atoms with van der Waals surface area (Å²) in [4.78, 5) is 13.7. The smallest absolute Gasteiger partial charge is 0.260 e. The number of nitrogens with zero attached hydrogens (tertiary/aromatic N) is 1. The van der Waals surface area contributed by atoms with Crippen LogP contribution >= 0.6 is 11.6 Å². The van der Waals surface area contributed by atoms with E-state index in [0.717, 1.165) is 0 Å². The quantitative estimate of drug-likeness (QED) is 0.647. The summed E-state index contributed by atoms with van der Waals surface area (Å²) >= 11 is 6.08. The summed E-state index contributed by atoms with van der Waals surface area (Å²) in [5.41, 5.74) is 0. The van der Waals surface area contributed by atoms with E-state index in [1.165, 1.54) is 25.3 Å². The zero-order valence-electron chi connectivity index (χ0n) is 13.9. The Kier molecular flexibility index (Phi) is 7.45. The van der Waals surface area contributed by atoms with Gasteiger partial charge in [0, 0.05) is 26.7 Å². The maximum absolute atomic E-state index is 12.1. The second-order valence-electron chi connectivity index (χ2n) is 5.26. The molecule has 10 heteroatoms. The Morgan fingerprint density at radius 3 is 2.72 bits per heavy atom. The van der Waals surface area contributed by atoms with Crippen LogP contribution in [0.5, 0.6) is 5.75 Å². The Morgan fingerprint density at radius 2 is 2.08 bits per heavy atom. The number of methoxy groups -OCH3 is 1. The number of carbonyl (C=O) groups is 1. The molecule has 0 spiro atoms. The predicted molar refractivity (Wildman–Crippen MR) is 91.4 cm³/mol. The van der Waals surface area contributed by atoms with Gasteiger partial charge >= 0.3 is 0 Å². The largest absolute Gasteiger partial charge is 0.482 e. The summed E-state index contributed by atoms with van der Waals surface area (Å²) in [7, 11) is -2.20. The van der Waals surface area contributed by atoms with Crippen molar-refractivity contribution < 1.29 is 27.4 Å². The van der Waals surface area contributed by atoms with Crippen molar-refractivity contribution in [2.24, 2.45) is 0 Å². The Balaban J connectivity index is 1.95. The lowest BCUT2D eigenvalue weighted by Gasteiger charge is -2.26. The molecular weight excluding hydrogens is 372 g/mol. The van der Waals surface area contributed by atoms with Crippen LogP contribution in [0.1, 0.15) is 0 Å². The van der Waals surface area contributed by atoms with E-state index >= 15 is 0 Å². The molecule has 0 radical (unpaired) electrons. The van der Waals surface area contributed by atoms with Gasteiger partial charge in [0.1, 0.15) is 5.75 Å². The molecule has 0 atom stereocenters. The standard InChI is InChI=1S/C15H21ClN2O6S/c1-22-7-4-17-25(20,21)12-2-3-14(13(16)10-12)24-11-15(19)18-5-8-23-9-6-18/h2-3,10,17H,4-9,11H2,1H3. The van der Waals surface area contributed by atoms with E-state index in [9.17, 15) is 13.2 Å². The molecule has 1 aliphatic heterocycles. The molecule has 8 nitrogen and oxygen atoms in total. The van der Waals surface area contributed by atoms with Gasteiger partial charge in [0.25, 0.3) is 5.91 Å². The van der Waals surface area contributed by atoms with Crippen LogP contribution in [-0.2, 0) is 24.3 Å². The number of amides is 1. The molecule has 1 aromatic carbocycles. The minimum atomic E-state index is -3.68. The topological polar surface area (TPSA) is 94.2 Å². The molecule has 0 saturated carbocycles. The first kappa shape index (κ1) is 19.9. The highest BCUT2D eigenvalue weighted by Crippen LogP contribution is 2.27. The van der Waals surface area contributed by atoms with Gasteiger partial charge in [0.05, 0.1) is 29.7 Å². The lowest BCUT2D eigenvalue weighted by atomic mass is 10.3.